The van der Waals surface area contributed by atoms with Crippen molar-refractivity contribution in [2.24, 2.45) is 5.92 Å². The van der Waals surface area contributed by atoms with E-state index in [-0.39, 0.29) is 18.5 Å². The summed E-state index contributed by atoms with van der Waals surface area (Å²) in [6.45, 7) is 1.43. The lowest BCUT2D eigenvalue weighted by Crippen LogP contribution is -2.39. The Bertz CT molecular complexity index is 507. The average molecular weight is 309 g/mol. The molecule has 6 nitrogen and oxygen atoms in total. The Morgan fingerprint density at radius 2 is 1.95 bits per heavy atom. The van der Waals surface area contributed by atoms with E-state index < -0.39 is 5.97 Å². The van der Waals surface area contributed by atoms with Gasteiger partial charge in [-0.15, -0.1) is 0 Å². The normalized spacial score (nSPS) is 16.3. The van der Waals surface area contributed by atoms with Gasteiger partial charge in [-0.05, 0) is 36.6 Å². The first-order chi connectivity index (χ1) is 10.6. The highest BCUT2D eigenvalue weighted by atomic mass is 16.7. The lowest BCUT2D eigenvalue weighted by molar-refractivity contribution is -0.141. The van der Waals surface area contributed by atoms with Crippen LogP contribution < -0.4 is 4.90 Å². The monoisotopic (exact) mass is 309 g/mol. The maximum Gasteiger partial charge on any atom is 0.336 e. The molecule has 22 heavy (non-hydrogen) atoms. The minimum Gasteiger partial charge on any atom is -0.478 e. The largest absolute Gasteiger partial charge is 0.478 e. The Balaban J connectivity index is 2.07. The zero-order valence-electron chi connectivity index (χ0n) is 13.0. The molecule has 2 rings (SSSR count). The van der Waals surface area contributed by atoms with Gasteiger partial charge in [0, 0.05) is 38.9 Å². The topological polar surface area (TPSA) is 79.2 Å². The highest BCUT2D eigenvalue weighted by Crippen LogP contribution is 2.28. The number of aromatic carboxylic acids is 1. The van der Waals surface area contributed by atoms with E-state index in [2.05, 4.69) is 4.90 Å². The maximum atomic E-state index is 11.1. The minimum atomic E-state index is -1.02. The van der Waals surface area contributed by atoms with Crippen molar-refractivity contribution in [1.29, 1.82) is 0 Å². The molecule has 0 radical (unpaired) electrons. The number of carboxylic acids is 1. The molecule has 0 unspecified atom stereocenters. The van der Waals surface area contributed by atoms with Crippen LogP contribution in [0.1, 0.15) is 28.8 Å². The van der Waals surface area contributed by atoms with E-state index in [0.717, 1.165) is 31.6 Å². The maximum absolute atomic E-state index is 11.1. The molecule has 1 aromatic carbocycles. The van der Waals surface area contributed by atoms with Gasteiger partial charge in [0.1, 0.15) is 0 Å². The molecule has 0 aliphatic carbocycles. The Kier molecular flexibility index (Phi) is 5.76. The van der Waals surface area contributed by atoms with E-state index in [1.54, 1.807) is 32.4 Å². The zero-order valence-corrected chi connectivity index (χ0v) is 13.0. The molecular weight excluding hydrogens is 286 g/mol. The Morgan fingerprint density at radius 1 is 1.32 bits per heavy atom. The number of hydrogen-bond donors (Lipinski definition) is 2. The van der Waals surface area contributed by atoms with E-state index in [9.17, 15) is 9.90 Å². The molecule has 0 amide bonds. The molecule has 122 valence electrons. The predicted molar refractivity (Wildman–Crippen MR) is 82.1 cm³/mol. The van der Waals surface area contributed by atoms with Crippen molar-refractivity contribution in [3.05, 3.63) is 29.3 Å². The Morgan fingerprint density at radius 3 is 2.45 bits per heavy atom. The summed E-state index contributed by atoms with van der Waals surface area (Å²) in [6, 6.07) is 5.11. The molecule has 1 fully saturated rings. The van der Waals surface area contributed by atoms with Crippen LogP contribution >= 0.6 is 0 Å². The quantitative estimate of drug-likeness (QED) is 0.779. The number of carboxylic acid groups (broad SMARTS) is 1. The van der Waals surface area contributed by atoms with Crippen molar-refractivity contribution in [1.82, 2.24) is 0 Å². The third kappa shape index (κ3) is 3.58. The summed E-state index contributed by atoms with van der Waals surface area (Å²) in [5.74, 6) is -0.654. The summed E-state index contributed by atoms with van der Waals surface area (Å²) in [6.07, 6.45) is 1.72. The summed E-state index contributed by atoms with van der Waals surface area (Å²) in [5.41, 5.74) is 1.54. The van der Waals surface area contributed by atoms with Crippen molar-refractivity contribution >= 4 is 11.7 Å². The first-order valence-electron chi connectivity index (χ1n) is 7.38. The van der Waals surface area contributed by atoms with Gasteiger partial charge in [0.05, 0.1) is 12.2 Å². The number of ether oxygens (including phenoxy) is 2. The standard InChI is InChI=1S/C16H23NO5/c1-21-16(22-2)11-5-7-17(8-6-11)13-3-4-14(15(19)20)12(9-13)10-18/h3-4,9,11,16,18H,5-8,10H2,1-2H3,(H,19,20). The third-order valence-corrected chi connectivity index (χ3v) is 4.24. The van der Waals surface area contributed by atoms with Crippen LogP contribution in [0.4, 0.5) is 5.69 Å². The van der Waals surface area contributed by atoms with Crippen molar-refractivity contribution in [2.75, 3.05) is 32.2 Å². The fourth-order valence-electron chi connectivity index (χ4n) is 3.03. The van der Waals surface area contributed by atoms with Crippen LogP contribution in [0.2, 0.25) is 0 Å². The molecule has 0 bridgehead atoms. The number of nitrogens with zero attached hydrogens (tertiary/aromatic N) is 1. The number of rotatable bonds is 6. The number of benzene rings is 1. The summed E-state index contributed by atoms with van der Waals surface area (Å²) in [7, 11) is 3.30. The van der Waals surface area contributed by atoms with E-state index in [1.165, 1.54) is 0 Å². The molecule has 1 aliphatic heterocycles. The van der Waals surface area contributed by atoms with E-state index in [4.69, 9.17) is 14.6 Å². The smallest absolute Gasteiger partial charge is 0.336 e. The summed E-state index contributed by atoms with van der Waals surface area (Å²) in [4.78, 5) is 13.3. The van der Waals surface area contributed by atoms with Crippen molar-refractivity contribution < 1.29 is 24.5 Å². The summed E-state index contributed by atoms with van der Waals surface area (Å²) in [5, 5.41) is 18.4. The number of piperidine rings is 1. The average Bonchev–Trinajstić information content (AvgIpc) is 2.56. The number of methoxy groups -OCH3 is 2. The van der Waals surface area contributed by atoms with Gasteiger partial charge in [-0.2, -0.15) is 0 Å². The lowest BCUT2D eigenvalue weighted by Gasteiger charge is -2.36. The molecule has 0 atom stereocenters. The fraction of sp³-hybridized carbons (Fsp3) is 0.562. The van der Waals surface area contributed by atoms with Crippen molar-refractivity contribution in [2.45, 2.75) is 25.7 Å². The van der Waals surface area contributed by atoms with Crippen LogP contribution in [0, 0.1) is 5.92 Å². The molecule has 0 saturated carbocycles. The minimum absolute atomic E-state index is 0.153. The highest BCUT2D eigenvalue weighted by Gasteiger charge is 2.27. The summed E-state index contributed by atoms with van der Waals surface area (Å²) < 4.78 is 10.6. The van der Waals surface area contributed by atoms with Crippen LogP contribution in [0.3, 0.4) is 0 Å². The molecule has 0 spiro atoms. The van der Waals surface area contributed by atoms with Gasteiger partial charge in [-0.1, -0.05) is 0 Å². The lowest BCUT2D eigenvalue weighted by atomic mass is 9.95. The number of anilines is 1. The Labute approximate surface area is 130 Å². The van der Waals surface area contributed by atoms with E-state index >= 15 is 0 Å². The molecule has 1 aliphatic rings. The summed E-state index contributed by atoms with van der Waals surface area (Å²) >= 11 is 0. The second kappa shape index (κ2) is 7.58. The van der Waals surface area contributed by atoms with Gasteiger partial charge in [0.25, 0.3) is 0 Å². The van der Waals surface area contributed by atoms with E-state index in [0.29, 0.717) is 11.5 Å². The molecule has 6 heteroatoms. The zero-order chi connectivity index (χ0) is 16.1. The van der Waals surface area contributed by atoms with Crippen LogP contribution in [-0.4, -0.2) is 49.8 Å². The third-order valence-electron chi connectivity index (χ3n) is 4.24. The molecule has 1 heterocycles. The van der Waals surface area contributed by atoms with Gasteiger partial charge < -0.3 is 24.6 Å². The van der Waals surface area contributed by atoms with Gasteiger partial charge >= 0.3 is 5.97 Å². The molecule has 0 aromatic heterocycles. The van der Waals surface area contributed by atoms with Gasteiger partial charge in [0.15, 0.2) is 6.29 Å². The van der Waals surface area contributed by atoms with Crippen LogP contribution in [0.25, 0.3) is 0 Å². The van der Waals surface area contributed by atoms with Gasteiger partial charge in [-0.3, -0.25) is 0 Å². The molecule has 1 aromatic rings. The van der Waals surface area contributed by atoms with E-state index in [1.807, 2.05) is 0 Å². The van der Waals surface area contributed by atoms with Crippen molar-refractivity contribution in [3.8, 4) is 0 Å². The van der Waals surface area contributed by atoms with Crippen molar-refractivity contribution in [3.63, 3.8) is 0 Å². The van der Waals surface area contributed by atoms with Crippen LogP contribution in [0.5, 0.6) is 0 Å². The number of carbonyl (C=O) groups is 1. The highest BCUT2D eigenvalue weighted by molar-refractivity contribution is 5.90. The first-order valence-corrected chi connectivity index (χ1v) is 7.38. The second-order valence-electron chi connectivity index (χ2n) is 5.47. The van der Waals surface area contributed by atoms with Gasteiger partial charge in [-0.25, -0.2) is 4.79 Å². The SMILES string of the molecule is COC(OC)C1CCN(c2ccc(C(=O)O)c(CO)c2)CC1. The number of hydrogen-bond acceptors (Lipinski definition) is 5. The van der Waals surface area contributed by atoms with Crippen LogP contribution in [-0.2, 0) is 16.1 Å². The first kappa shape index (κ1) is 16.7. The predicted octanol–water partition coefficient (Wildman–Crippen LogP) is 1.71. The molecule has 1 saturated heterocycles. The number of aliphatic hydroxyl groups is 1. The van der Waals surface area contributed by atoms with Crippen LogP contribution in [0.15, 0.2) is 18.2 Å². The number of aliphatic hydroxyl groups excluding tert-OH is 1. The molecule has 2 N–H and O–H groups in total. The van der Waals surface area contributed by atoms with Gasteiger partial charge in [0.2, 0.25) is 0 Å². The fourth-order valence-corrected chi connectivity index (χ4v) is 3.03. The second-order valence-corrected chi connectivity index (χ2v) is 5.47. The Hall–Kier alpha value is -1.63. The molecular formula is C16H23NO5.